The zero-order valence-corrected chi connectivity index (χ0v) is 19.8. The minimum atomic E-state index is -5.24. The molecule has 0 atom stereocenters. The Hall–Kier alpha value is -2.76. The van der Waals surface area contributed by atoms with E-state index in [-0.39, 0.29) is 41.2 Å². The number of nitrogens with zero attached hydrogens (tertiary/aromatic N) is 1. The first-order chi connectivity index (χ1) is 16.7. The maximum absolute atomic E-state index is 13.7. The van der Waals surface area contributed by atoms with E-state index < -0.39 is 52.5 Å². The van der Waals surface area contributed by atoms with E-state index in [9.17, 15) is 39.5 Å². The van der Waals surface area contributed by atoms with Gasteiger partial charge in [0.2, 0.25) is 0 Å². The molecule has 36 heavy (non-hydrogen) atoms. The van der Waals surface area contributed by atoms with Crippen LogP contribution < -0.4 is 4.74 Å². The molecule has 0 aliphatic rings. The third-order valence-corrected chi connectivity index (χ3v) is 6.27. The molecule has 2 nitrogen and oxygen atoms in total. The monoisotopic (exact) mass is 541 g/mol. The summed E-state index contributed by atoms with van der Waals surface area (Å²) in [6.45, 7) is 2.25. The standard InChI is InChI=1S/C24H20F9NOS/c1-3-5-14-10-17(22(25,26)27)20(18(11-14)23(28,29)30)35-12-16-19(34-36-21(16)24(31,32)33)15-8-6-13(4-2)7-9-15/h6-11H,3-5,12H2,1-2H3. The van der Waals surface area contributed by atoms with Crippen molar-refractivity contribution in [2.24, 2.45) is 0 Å². The van der Waals surface area contributed by atoms with Gasteiger partial charge in [-0.15, -0.1) is 0 Å². The van der Waals surface area contributed by atoms with Gasteiger partial charge < -0.3 is 4.74 Å². The van der Waals surface area contributed by atoms with Crippen LogP contribution in [0.5, 0.6) is 5.75 Å². The number of hydrogen-bond donors (Lipinski definition) is 0. The summed E-state index contributed by atoms with van der Waals surface area (Å²) in [5.74, 6) is -1.57. The number of halogens is 9. The van der Waals surface area contributed by atoms with E-state index in [2.05, 4.69) is 4.37 Å². The van der Waals surface area contributed by atoms with Gasteiger partial charge in [-0.25, -0.2) is 0 Å². The maximum Gasteiger partial charge on any atom is 0.427 e. The number of aromatic nitrogens is 1. The molecule has 3 aromatic rings. The highest BCUT2D eigenvalue weighted by Crippen LogP contribution is 2.46. The molecule has 0 fully saturated rings. The van der Waals surface area contributed by atoms with Crippen molar-refractivity contribution in [3.63, 3.8) is 0 Å². The fourth-order valence-electron chi connectivity index (χ4n) is 3.63. The Balaban J connectivity index is 2.14. The van der Waals surface area contributed by atoms with E-state index in [0.29, 0.717) is 18.6 Å². The van der Waals surface area contributed by atoms with Crippen molar-refractivity contribution >= 4 is 11.5 Å². The third-order valence-electron chi connectivity index (χ3n) is 5.34. The molecule has 0 saturated heterocycles. The average molecular weight is 541 g/mol. The zero-order chi connectivity index (χ0) is 26.9. The number of rotatable bonds is 7. The lowest BCUT2D eigenvalue weighted by molar-refractivity contribution is -0.146. The molecule has 0 spiro atoms. The van der Waals surface area contributed by atoms with Crippen LogP contribution in [0.4, 0.5) is 39.5 Å². The molecule has 1 aromatic heterocycles. The summed E-state index contributed by atoms with van der Waals surface area (Å²) >= 11 is 0.0521. The van der Waals surface area contributed by atoms with Gasteiger partial charge in [0.1, 0.15) is 17.2 Å². The lowest BCUT2D eigenvalue weighted by Crippen LogP contribution is -2.17. The second-order valence-corrected chi connectivity index (χ2v) is 8.71. The van der Waals surface area contributed by atoms with Crippen LogP contribution >= 0.6 is 11.5 Å². The molecule has 0 amide bonds. The summed E-state index contributed by atoms with van der Waals surface area (Å²) < 4.78 is 132. The minimum Gasteiger partial charge on any atom is -0.487 e. The smallest absolute Gasteiger partial charge is 0.427 e. The molecule has 1 heterocycles. The Labute approximate surface area is 204 Å². The average Bonchev–Trinajstić information content (AvgIpc) is 3.21. The van der Waals surface area contributed by atoms with E-state index in [1.807, 2.05) is 6.92 Å². The topological polar surface area (TPSA) is 22.1 Å². The van der Waals surface area contributed by atoms with Gasteiger partial charge >= 0.3 is 18.5 Å². The van der Waals surface area contributed by atoms with Crippen molar-refractivity contribution in [3.8, 4) is 17.0 Å². The Morgan fingerprint density at radius 1 is 0.778 bits per heavy atom. The molecular formula is C24H20F9NOS. The first-order valence-electron chi connectivity index (χ1n) is 10.8. The van der Waals surface area contributed by atoms with Crippen LogP contribution in [0.15, 0.2) is 36.4 Å². The summed E-state index contributed by atoms with van der Waals surface area (Å²) in [6.07, 6.45) is -14.5. The molecule has 0 N–H and O–H groups in total. The predicted molar refractivity (Wildman–Crippen MR) is 117 cm³/mol. The van der Waals surface area contributed by atoms with E-state index in [1.165, 1.54) is 12.1 Å². The number of hydrogen-bond acceptors (Lipinski definition) is 3. The van der Waals surface area contributed by atoms with E-state index in [1.54, 1.807) is 19.1 Å². The van der Waals surface area contributed by atoms with Crippen LogP contribution in [-0.4, -0.2) is 4.37 Å². The number of alkyl halides is 9. The Morgan fingerprint density at radius 2 is 1.33 bits per heavy atom. The first kappa shape index (κ1) is 27.8. The minimum absolute atomic E-state index is 0.0521. The van der Waals surface area contributed by atoms with Crippen LogP contribution in [0, 0.1) is 0 Å². The summed E-state index contributed by atoms with van der Waals surface area (Å²) in [4.78, 5) is -1.26. The number of ether oxygens (including phenoxy) is 1. The van der Waals surface area contributed by atoms with Gasteiger partial charge in [-0.3, -0.25) is 0 Å². The van der Waals surface area contributed by atoms with Gasteiger partial charge in [0, 0.05) is 11.1 Å². The highest BCUT2D eigenvalue weighted by Gasteiger charge is 2.43. The van der Waals surface area contributed by atoms with Crippen molar-refractivity contribution < 1.29 is 44.3 Å². The van der Waals surface area contributed by atoms with Gasteiger partial charge in [0.25, 0.3) is 0 Å². The van der Waals surface area contributed by atoms with E-state index >= 15 is 0 Å². The lowest BCUT2D eigenvalue weighted by atomic mass is 10.00. The summed E-state index contributed by atoms with van der Waals surface area (Å²) in [7, 11) is 0. The van der Waals surface area contributed by atoms with Gasteiger partial charge in [-0.2, -0.15) is 43.9 Å². The van der Waals surface area contributed by atoms with Crippen LogP contribution in [-0.2, 0) is 38.0 Å². The Bertz CT molecular complexity index is 1160. The van der Waals surface area contributed by atoms with Gasteiger partial charge in [0.15, 0.2) is 0 Å². The summed E-state index contributed by atoms with van der Waals surface area (Å²) in [5, 5.41) is 0. The molecule has 196 valence electrons. The molecule has 0 radical (unpaired) electrons. The second-order valence-electron chi connectivity index (χ2n) is 7.94. The molecule has 0 saturated carbocycles. The van der Waals surface area contributed by atoms with Gasteiger partial charge in [-0.05, 0) is 47.6 Å². The highest BCUT2D eigenvalue weighted by molar-refractivity contribution is 7.06. The fourth-order valence-corrected chi connectivity index (χ4v) is 4.40. The maximum atomic E-state index is 13.7. The third kappa shape index (κ3) is 6.13. The molecule has 0 aliphatic carbocycles. The van der Waals surface area contributed by atoms with E-state index in [4.69, 9.17) is 4.74 Å². The van der Waals surface area contributed by atoms with Crippen molar-refractivity contribution in [2.45, 2.75) is 58.2 Å². The Kier molecular flexibility index (Phi) is 7.97. The lowest BCUT2D eigenvalue weighted by Gasteiger charge is -2.21. The van der Waals surface area contributed by atoms with Crippen LogP contribution in [0.1, 0.15) is 53.0 Å². The van der Waals surface area contributed by atoms with Crippen LogP contribution in [0.3, 0.4) is 0 Å². The largest absolute Gasteiger partial charge is 0.487 e. The predicted octanol–water partition coefficient (Wildman–Crippen LogP) is 8.96. The van der Waals surface area contributed by atoms with Crippen LogP contribution in [0.2, 0.25) is 0 Å². The van der Waals surface area contributed by atoms with Gasteiger partial charge in [0.05, 0.1) is 16.8 Å². The molecule has 12 heteroatoms. The van der Waals surface area contributed by atoms with Crippen LogP contribution in [0.25, 0.3) is 11.3 Å². The van der Waals surface area contributed by atoms with E-state index in [0.717, 1.165) is 5.56 Å². The second kappa shape index (κ2) is 10.3. The first-order valence-corrected chi connectivity index (χ1v) is 11.5. The summed E-state index contributed by atoms with van der Waals surface area (Å²) in [6, 6.07) is 7.33. The van der Waals surface area contributed by atoms with Crippen molar-refractivity contribution in [1.29, 1.82) is 0 Å². The molecular weight excluding hydrogens is 521 g/mol. The van der Waals surface area contributed by atoms with Crippen molar-refractivity contribution in [2.75, 3.05) is 0 Å². The van der Waals surface area contributed by atoms with Gasteiger partial charge in [-0.1, -0.05) is 44.5 Å². The van der Waals surface area contributed by atoms with Crippen molar-refractivity contribution in [3.05, 3.63) is 69.1 Å². The number of aryl methyl sites for hydroxylation is 2. The normalized spacial score (nSPS) is 12.8. The number of benzene rings is 2. The molecule has 0 unspecified atom stereocenters. The summed E-state index contributed by atoms with van der Waals surface area (Å²) in [5.41, 5.74) is -3.38. The van der Waals surface area contributed by atoms with Crippen molar-refractivity contribution in [1.82, 2.24) is 4.37 Å². The molecule has 3 rings (SSSR count). The molecule has 0 bridgehead atoms. The SMILES string of the molecule is CCCc1cc(C(F)(F)F)c(OCc2c(-c3ccc(CC)cc3)nsc2C(F)(F)F)c(C(F)(F)F)c1. The Morgan fingerprint density at radius 3 is 1.78 bits per heavy atom. The fraction of sp³-hybridized carbons (Fsp3) is 0.375. The molecule has 2 aromatic carbocycles. The molecule has 0 aliphatic heterocycles. The quantitative estimate of drug-likeness (QED) is 0.279. The zero-order valence-electron chi connectivity index (χ0n) is 19.0. The highest BCUT2D eigenvalue weighted by atomic mass is 32.1.